The van der Waals surface area contributed by atoms with E-state index in [0.29, 0.717) is 19.0 Å². The zero-order valence-corrected chi connectivity index (χ0v) is 12.1. The molecule has 0 aromatic rings. The van der Waals surface area contributed by atoms with E-state index in [1.54, 1.807) is 11.9 Å². The molecule has 19 heavy (non-hydrogen) atoms. The molecule has 1 rings (SSSR count). The van der Waals surface area contributed by atoms with E-state index in [1.165, 1.54) is 0 Å². The van der Waals surface area contributed by atoms with E-state index in [9.17, 15) is 9.59 Å². The van der Waals surface area contributed by atoms with Crippen LogP contribution >= 0.6 is 0 Å². The van der Waals surface area contributed by atoms with E-state index < -0.39 is 12.0 Å². The molecule has 0 saturated carbocycles. The molecule has 1 saturated heterocycles. The normalized spacial score (nSPS) is 21.1. The van der Waals surface area contributed by atoms with Crippen molar-refractivity contribution in [2.75, 3.05) is 27.2 Å². The molecule has 1 heterocycles. The number of hydrogen-bond acceptors (Lipinski definition) is 3. The number of amides is 2. The fraction of sp³-hybridized carbons (Fsp3) is 0.846. The van der Waals surface area contributed by atoms with Crippen LogP contribution in [0, 0.1) is 0 Å². The number of likely N-dealkylation sites (N-methyl/N-ethyl adjacent to an activating group) is 2. The third-order valence-corrected chi connectivity index (χ3v) is 3.68. The number of nitrogens with one attached hydrogen (secondary N) is 1. The Labute approximate surface area is 114 Å². The summed E-state index contributed by atoms with van der Waals surface area (Å²) in [5.74, 6) is -0.971. The molecule has 110 valence electrons. The van der Waals surface area contributed by atoms with Gasteiger partial charge in [0.25, 0.3) is 0 Å². The Bertz CT molecular complexity index is 322. The number of nitrogens with zero attached hydrogens (tertiary/aromatic N) is 2. The summed E-state index contributed by atoms with van der Waals surface area (Å²) in [4.78, 5) is 26.8. The van der Waals surface area contributed by atoms with Crippen LogP contribution in [0.1, 0.15) is 32.6 Å². The van der Waals surface area contributed by atoms with Crippen LogP contribution in [0.2, 0.25) is 0 Å². The van der Waals surface area contributed by atoms with Gasteiger partial charge in [0.05, 0.1) is 0 Å². The first-order chi connectivity index (χ1) is 8.95. The Morgan fingerprint density at radius 2 is 2.21 bits per heavy atom. The molecule has 1 aliphatic heterocycles. The summed E-state index contributed by atoms with van der Waals surface area (Å²) in [7, 11) is 3.77. The van der Waals surface area contributed by atoms with Crippen LogP contribution in [0.15, 0.2) is 0 Å². The second kappa shape index (κ2) is 7.33. The van der Waals surface area contributed by atoms with Gasteiger partial charge in [-0.3, -0.25) is 0 Å². The molecule has 2 N–H and O–H groups in total. The molecule has 1 aliphatic rings. The molecule has 0 aromatic carbocycles. The third-order valence-electron chi connectivity index (χ3n) is 3.68. The Morgan fingerprint density at radius 3 is 2.68 bits per heavy atom. The standard InChI is InChI=1S/C13H25N3O3/c1-4-6-11(12(17)18)14-13(19)16(3)9-10-7-5-8-15(10)2/h10-11H,4-9H2,1-3H3,(H,14,19)(H,17,18). The molecule has 0 aliphatic carbocycles. The Morgan fingerprint density at radius 1 is 1.53 bits per heavy atom. The minimum atomic E-state index is -0.971. The zero-order valence-electron chi connectivity index (χ0n) is 12.1. The molecule has 2 atom stereocenters. The third kappa shape index (κ3) is 4.70. The first kappa shape index (κ1) is 15.8. The van der Waals surface area contributed by atoms with Crippen molar-refractivity contribution in [3.05, 3.63) is 0 Å². The molecular formula is C13H25N3O3. The number of hydrogen-bond donors (Lipinski definition) is 2. The van der Waals surface area contributed by atoms with Crippen LogP contribution < -0.4 is 5.32 Å². The summed E-state index contributed by atoms with van der Waals surface area (Å²) in [6.07, 6.45) is 3.43. The highest BCUT2D eigenvalue weighted by atomic mass is 16.4. The topological polar surface area (TPSA) is 72.9 Å². The molecule has 1 fully saturated rings. The summed E-state index contributed by atoms with van der Waals surface area (Å²) < 4.78 is 0. The van der Waals surface area contributed by atoms with Gasteiger partial charge in [-0.1, -0.05) is 13.3 Å². The predicted molar refractivity (Wildman–Crippen MR) is 73.1 cm³/mol. The molecule has 0 aromatic heterocycles. The van der Waals surface area contributed by atoms with Crippen LogP contribution in [0.4, 0.5) is 4.79 Å². The molecule has 6 nitrogen and oxygen atoms in total. The van der Waals surface area contributed by atoms with E-state index in [1.807, 2.05) is 6.92 Å². The van der Waals surface area contributed by atoms with Crippen molar-refractivity contribution in [2.45, 2.75) is 44.7 Å². The van der Waals surface area contributed by atoms with Crippen molar-refractivity contribution in [3.63, 3.8) is 0 Å². The summed E-state index contributed by atoms with van der Waals surface area (Å²) in [6, 6.07) is -0.715. The number of carbonyl (C=O) groups is 2. The van der Waals surface area contributed by atoms with Crippen molar-refractivity contribution < 1.29 is 14.7 Å². The summed E-state index contributed by atoms with van der Waals surface area (Å²) in [6.45, 7) is 3.60. The fourth-order valence-corrected chi connectivity index (χ4v) is 2.41. The van der Waals surface area contributed by atoms with E-state index in [0.717, 1.165) is 25.8 Å². The lowest BCUT2D eigenvalue weighted by atomic mass is 10.2. The van der Waals surface area contributed by atoms with Gasteiger partial charge in [-0.05, 0) is 32.9 Å². The summed E-state index contributed by atoms with van der Waals surface area (Å²) in [5.41, 5.74) is 0. The van der Waals surface area contributed by atoms with E-state index >= 15 is 0 Å². The van der Waals surface area contributed by atoms with Gasteiger partial charge < -0.3 is 20.2 Å². The molecule has 2 unspecified atom stereocenters. The molecule has 0 radical (unpaired) electrons. The molecule has 2 amide bonds. The first-order valence-corrected chi connectivity index (χ1v) is 6.90. The van der Waals surface area contributed by atoms with Crippen molar-refractivity contribution in [1.82, 2.24) is 15.1 Å². The smallest absolute Gasteiger partial charge is 0.326 e. The maximum Gasteiger partial charge on any atom is 0.326 e. The SMILES string of the molecule is CCCC(NC(=O)N(C)CC1CCCN1C)C(=O)O. The summed E-state index contributed by atoms with van der Waals surface area (Å²) >= 11 is 0. The molecule has 0 spiro atoms. The minimum absolute atomic E-state index is 0.304. The number of aliphatic carboxylic acids is 1. The highest BCUT2D eigenvalue weighted by Gasteiger charge is 2.26. The quantitative estimate of drug-likeness (QED) is 0.755. The minimum Gasteiger partial charge on any atom is -0.480 e. The molecule has 0 bridgehead atoms. The number of likely N-dealkylation sites (tertiary alicyclic amines) is 1. The zero-order chi connectivity index (χ0) is 14.4. The van der Waals surface area contributed by atoms with Crippen molar-refractivity contribution >= 4 is 12.0 Å². The van der Waals surface area contributed by atoms with Crippen molar-refractivity contribution in [2.24, 2.45) is 0 Å². The first-order valence-electron chi connectivity index (χ1n) is 6.90. The lowest BCUT2D eigenvalue weighted by Crippen LogP contribution is -2.49. The van der Waals surface area contributed by atoms with Gasteiger partial charge in [-0.2, -0.15) is 0 Å². The molecule has 6 heteroatoms. The lowest BCUT2D eigenvalue weighted by molar-refractivity contribution is -0.139. The van der Waals surface area contributed by atoms with Gasteiger partial charge in [0.2, 0.25) is 0 Å². The fourth-order valence-electron chi connectivity index (χ4n) is 2.41. The number of carboxylic acid groups (broad SMARTS) is 1. The Hall–Kier alpha value is -1.30. The largest absolute Gasteiger partial charge is 0.480 e. The van der Waals surface area contributed by atoms with E-state index in [2.05, 4.69) is 17.3 Å². The second-order valence-corrected chi connectivity index (χ2v) is 5.29. The van der Waals surface area contributed by atoms with E-state index in [-0.39, 0.29) is 6.03 Å². The Kier molecular flexibility index (Phi) is 6.08. The highest BCUT2D eigenvalue weighted by Crippen LogP contribution is 2.15. The van der Waals surface area contributed by atoms with Crippen LogP contribution in [-0.2, 0) is 4.79 Å². The van der Waals surface area contributed by atoms with Crippen molar-refractivity contribution in [1.29, 1.82) is 0 Å². The van der Waals surface area contributed by atoms with Gasteiger partial charge in [-0.15, -0.1) is 0 Å². The monoisotopic (exact) mass is 271 g/mol. The summed E-state index contributed by atoms with van der Waals surface area (Å²) in [5, 5.41) is 11.6. The van der Waals surface area contributed by atoms with Crippen LogP contribution in [0.25, 0.3) is 0 Å². The van der Waals surface area contributed by atoms with E-state index in [4.69, 9.17) is 5.11 Å². The number of urea groups is 1. The predicted octanol–water partition coefficient (Wildman–Crippen LogP) is 0.975. The maximum absolute atomic E-state index is 12.0. The second-order valence-electron chi connectivity index (χ2n) is 5.29. The maximum atomic E-state index is 12.0. The van der Waals surface area contributed by atoms with Crippen LogP contribution in [0.3, 0.4) is 0 Å². The average Bonchev–Trinajstić information content (AvgIpc) is 2.74. The van der Waals surface area contributed by atoms with Gasteiger partial charge >= 0.3 is 12.0 Å². The lowest BCUT2D eigenvalue weighted by Gasteiger charge is -2.27. The van der Waals surface area contributed by atoms with Gasteiger partial charge in [-0.25, -0.2) is 9.59 Å². The average molecular weight is 271 g/mol. The Balaban J connectivity index is 2.44. The van der Waals surface area contributed by atoms with Gasteiger partial charge in [0, 0.05) is 19.6 Å². The molecular weight excluding hydrogens is 246 g/mol. The van der Waals surface area contributed by atoms with Gasteiger partial charge in [0.1, 0.15) is 6.04 Å². The number of rotatable bonds is 6. The highest BCUT2D eigenvalue weighted by molar-refractivity contribution is 5.82. The number of carbonyl (C=O) groups excluding carboxylic acids is 1. The van der Waals surface area contributed by atoms with Gasteiger partial charge in [0.15, 0.2) is 0 Å². The number of carboxylic acids is 1. The van der Waals surface area contributed by atoms with Crippen LogP contribution in [-0.4, -0.2) is 66.2 Å². The van der Waals surface area contributed by atoms with Crippen LogP contribution in [0.5, 0.6) is 0 Å². The van der Waals surface area contributed by atoms with Crippen molar-refractivity contribution in [3.8, 4) is 0 Å².